The molecule has 3 atom stereocenters. The molecule has 1 aromatic rings. The summed E-state index contributed by atoms with van der Waals surface area (Å²) >= 11 is 0. The van der Waals surface area contributed by atoms with Gasteiger partial charge in [-0.25, -0.2) is 4.98 Å². The highest BCUT2D eigenvalue weighted by Gasteiger charge is 2.44. The molecule has 19 heavy (non-hydrogen) atoms. The van der Waals surface area contributed by atoms with E-state index in [0.717, 1.165) is 37.3 Å². The van der Waals surface area contributed by atoms with E-state index in [0.29, 0.717) is 6.61 Å². The van der Waals surface area contributed by atoms with Gasteiger partial charge in [0, 0.05) is 31.8 Å². The van der Waals surface area contributed by atoms with Crippen molar-refractivity contribution in [2.45, 2.75) is 51.8 Å². The predicted molar refractivity (Wildman–Crippen MR) is 70.7 cm³/mol. The van der Waals surface area contributed by atoms with Crippen molar-refractivity contribution < 1.29 is 9.53 Å². The predicted octanol–water partition coefficient (Wildman–Crippen LogP) is 1.05. The highest BCUT2D eigenvalue weighted by Crippen LogP contribution is 2.34. The smallest absolute Gasteiger partial charge is 0.226 e. The van der Waals surface area contributed by atoms with Crippen LogP contribution in [0.5, 0.6) is 0 Å². The summed E-state index contributed by atoms with van der Waals surface area (Å²) in [5.41, 5.74) is 1.06. The lowest BCUT2D eigenvalue weighted by Gasteiger charge is -2.24. The van der Waals surface area contributed by atoms with E-state index < -0.39 is 0 Å². The van der Waals surface area contributed by atoms with Gasteiger partial charge in [0.05, 0.1) is 17.7 Å². The molecule has 0 unspecified atom stereocenters. The average molecular weight is 263 g/mol. The molecule has 1 saturated carbocycles. The molecule has 1 aliphatic heterocycles. The molecular formula is C14H21N3O2. The fourth-order valence-corrected chi connectivity index (χ4v) is 2.86. The highest BCUT2D eigenvalue weighted by molar-refractivity contribution is 5.82. The van der Waals surface area contributed by atoms with Crippen molar-refractivity contribution in [3.63, 3.8) is 0 Å². The zero-order valence-electron chi connectivity index (χ0n) is 11.6. The van der Waals surface area contributed by atoms with Crippen LogP contribution in [0.1, 0.15) is 31.3 Å². The summed E-state index contributed by atoms with van der Waals surface area (Å²) in [5, 5.41) is 3.15. The Bertz CT molecular complexity index is 483. The summed E-state index contributed by atoms with van der Waals surface area (Å²) in [6.07, 6.45) is 5.02. The van der Waals surface area contributed by atoms with Gasteiger partial charge in [0.2, 0.25) is 5.91 Å². The van der Waals surface area contributed by atoms with Gasteiger partial charge in [0.15, 0.2) is 0 Å². The van der Waals surface area contributed by atoms with Crippen LogP contribution >= 0.6 is 0 Å². The summed E-state index contributed by atoms with van der Waals surface area (Å²) in [7, 11) is 0. The number of fused-ring (bicyclic) bond motifs is 1. The minimum atomic E-state index is 0.0749. The van der Waals surface area contributed by atoms with Crippen molar-refractivity contribution in [3.8, 4) is 0 Å². The highest BCUT2D eigenvalue weighted by atomic mass is 16.5. The maximum absolute atomic E-state index is 12.1. The standard InChI is InChI=1S/C14H21N3O2/c1-3-19-12-6-11(12)14(18)16-10-4-5-13-15-9(2)7-17(13)8-10/h7,10-12H,3-6,8H2,1-2H3,(H,16,18)/t10-,11-,12-/m1/s1. The molecule has 2 heterocycles. The lowest BCUT2D eigenvalue weighted by molar-refractivity contribution is -0.124. The quantitative estimate of drug-likeness (QED) is 0.883. The SMILES string of the molecule is CCO[C@@H]1C[C@H]1C(=O)N[C@@H]1CCc2nc(C)cn2C1. The van der Waals surface area contributed by atoms with Crippen molar-refractivity contribution in [3.05, 3.63) is 17.7 Å². The Hall–Kier alpha value is -1.36. The molecular weight excluding hydrogens is 242 g/mol. The second-order valence-corrected chi connectivity index (χ2v) is 5.53. The summed E-state index contributed by atoms with van der Waals surface area (Å²) < 4.78 is 7.62. The molecule has 1 fully saturated rings. The number of amides is 1. The second-order valence-electron chi connectivity index (χ2n) is 5.53. The molecule has 0 aromatic carbocycles. The van der Waals surface area contributed by atoms with Crippen molar-refractivity contribution in [2.24, 2.45) is 5.92 Å². The summed E-state index contributed by atoms with van der Waals surface area (Å²) in [6, 6.07) is 0.233. The topological polar surface area (TPSA) is 56.1 Å². The molecule has 1 aromatic heterocycles. The number of imidazole rings is 1. The maximum atomic E-state index is 12.1. The van der Waals surface area contributed by atoms with Crippen molar-refractivity contribution in [1.82, 2.24) is 14.9 Å². The number of rotatable bonds is 4. The average Bonchev–Trinajstić information content (AvgIpc) is 3.03. The van der Waals surface area contributed by atoms with Crippen LogP contribution in [0.25, 0.3) is 0 Å². The van der Waals surface area contributed by atoms with Gasteiger partial charge in [-0.05, 0) is 26.7 Å². The zero-order chi connectivity index (χ0) is 13.4. The third-order valence-corrected chi connectivity index (χ3v) is 3.91. The van der Waals surface area contributed by atoms with E-state index in [1.165, 1.54) is 0 Å². The van der Waals surface area contributed by atoms with Gasteiger partial charge in [-0.15, -0.1) is 0 Å². The van der Waals surface area contributed by atoms with Gasteiger partial charge >= 0.3 is 0 Å². The van der Waals surface area contributed by atoms with Crippen LogP contribution in [0.2, 0.25) is 0 Å². The van der Waals surface area contributed by atoms with Gasteiger partial charge in [0.25, 0.3) is 0 Å². The zero-order valence-corrected chi connectivity index (χ0v) is 11.6. The number of hydrogen-bond donors (Lipinski definition) is 1. The van der Waals surface area contributed by atoms with E-state index in [1.54, 1.807) is 0 Å². The number of carbonyl (C=O) groups is 1. The first-order chi connectivity index (χ1) is 9.17. The number of nitrogens with one attached hydrogen (secondary N) is 1. The van der Waals surface area contributed by atoms with Crippen LogP contribution in [0, 0.1) is 12.8 Å². The lowest BCUT2D eigenvalue weighted by Crippen LogP contribution is -2.42. The number of aromatic nitrogens is 2. The van der Waals surface area contributed by atoms with Gasteiger partial charge in [-0.1, -0.05) is 0 Å². The first-order valence-electron chi connectivity index (χ1n) is 7.12. The summed E-state index contributed by atoms with van der Waals surface area (Å²) in [5.74, 6) is 1.37. The third kappa shape index (κ3) is 2.66. The molecule has 3 rings (SSSR count). The number of ether oxygens (including phenoxy) is 1. The van der Waals surface area contributed by atoms with Gasteiger partial charge in [0.1, 0.15) is 5.82 Å². The van der Waals surface area contributed by atoms with Crippen LogP contribution in [0.3, 0.4) is 0 Å². The molecule has 0 radical (unpaired) electrons. The van der Waals surface area contributed by atoms with Crippen LogP contribution in [0.15, 0.2) is 6.20 Å². The molecule has 0 saturated heterocycles. The largest absolute Gasteiger partial charge is 0.378 e. The lowest BCUT2D eigenvalue weighted by atomic mass is 10.1. The normalized spacial score (nSPS) is 28.8. The first-order valence-corrected chi connectivity index (χ1v) is 7.12. The molecule has 1 amide bonds. The monoisotopic (exact) mass is 263 g/mol. The number of hydrogen-bond acceptors (Lipinski definition) is 3. The van der Waals surface area contributed by atoms with Crippen molar-refractivity contribution in [2.75, 3.05) is 6.61 Å². The number of aryl methyl sites for hydroxylation is 2. The number of nitrogens with zero attached hydrogens (tertiary/aromatic N) is 2. The first kappa shape index (κ1) is 12.7. The van der Waals surface area contributed by atoms with Crippen molar-refractivity contribution >= 4 is 5.91 Å². The Kier molecular flexibility index (Phi) is 3.31. The Balaban J connectivity index is 1.53. The molecule has 5 nitrogen and oxygen atoms in total. The van der Waals surface area contributed by atoms with E-state index in [9.17, 15) is 4.79 Å². The van der Waals surface area contributed by atoms with E-state index in [4.69, 9.17) is 4.74 Å². The van der Waals surface area contributed by atoms with Crippen molar-refractivity contribution in [1.29, 1.82) is 0 Å². The molecule has 0 bridgehead atoms. The maximum Gasteiger partial charge on any atom is 0.226 e. The van der Waals surface area contributed by atoms with Crippen LogP contribution < -0.4 is 5.32 Å². The fourth-order valence-electron chi connectivity index (χ4n) is 2.86. The molecule has 104 valence electrons. The molecule has 1 N–H and O–H groups in total. The summed E-state index contributed by atoms with van der Waals surface area (Å²) in [6.45, 7) is 5.51. The number of carbonyl (C=O) groups excluding carboxylic acids is 1. The molecule has 5 heteroatoms. The van der Waals surface area contributed by atoms with Crippen LogP contribution in [0.4, 0.5) is 0 Å². The Morgan fingerprint density at radius 3 is 3.26 bits per heavy atom. The van der Waals surface area contributed by atoms with E-state index in [-0.39, 0.29) is 24.0 Å². The van der Waals surface area contributed by atoms with E-state index >= 15 is 0 Å². The van der Waals surface area contributed by atoms with E-state index in [1.807, 2.05) is 13.8 Å². The molecule has 1 aliphatic carbocycles. The van der Waals surface area contributed by atoms with Gasteiger partial charge in [-0.3, -0.25) is 4.79 Å². The minimum absolute atomic E-state index is 0.0749. The van der Waals surface area contributed by atoms with Gasteiger partial charge in [-0.2, -0.15) is 0 Å². The van der Waals surface area contributed by atoms with E-state index in [2.05, 4.69) is 21.1 Å². The summed E-state index contributed by atoms with van der Waals surface area (Å²) in [4.78, 5) is 16.5. The second kappa shape index (κ2) is 4.96. The molecule has 2 aliphatic rings. The third-order valence-electron chi connectivity index (χ3n) is 3.91. The molecule has 0 spiro atoms. The fraction of sp³-hybridized carbons (Fsp3) is 0.714. The van der Waals surface area contributed by atoms with Gasteiger partial charge < -0.3 is 14.6 Å². The van der Waals surface area contributed by atoms with Crippen LogP contribution in [-0.4, -0.2) is 34.2 Å². The Labute approximate surface area is 113 Å². The minimum Gasteiger partial charge on any atom is -0.378 e. The Morgan fingerprint density at radius 2 is 2.47 bits per heavy atom. The van der Waals surface area contributed by atoms with Crippen LogP contribution in [-0.2, 0) is 22.5 Å². The Morgan fingerprint density at radius 1 is 1.63 bits per heavy atom.